The summed E-state index contributed by atoms with van der Waals surface area (Å²) in [5.74, 6) is -1.10. The quantitative estimate of drug-likeness (QED) is 0.780. The van der Waals surface area contributed by atoms with Gasteiger partial charge < -0.3 is 10.4 Å². The Hall–Kier alpha value is -1.97. The van der Waals surface area contributed by atoms with E-state index in [0.717, 1.165) is 11.3 Å². The van der Waals surface area contributed by atoms with Gasteiger partial charge in [0.15, 0.2) is 10.8 Å². The molecule has 100 valence electrons. The molecule has 0 atom stereocenters. The summed E-state index contributed by atoms with van der Waals surface area (Å²) >= 11 is 1.14. The molecule has 0 radical (unpaired) electrons. The Morgan fingerprint density at radius 2 is 1.95 bits per heavy atom. The molecule has 0 amide bonds. The van der Waals surface area contributed by atoms with Crippen LogP contribution < -0.4 is 10.5 Å². The van der Waals surface area contributed by atoms with E-state index in [0.29, 0.717) is 10.8 Å². The van der Waals surface area contributed by atoms with E-state index < -0.39 is 16.0 Å². The van der Waals surface area contributed by atoms with Crippen LogP contribution in [0.1, 0.15) is 10.5 Å². The summed E-state index contributed by atoms with van der Waals surface area (Å²) in [5.41, 5.74) is 0.535. The zero-order chi connectivity index (χ0) is 14.0. The van der Waals surface area contributed by atoms with E-state index in [2.05, 4.69) is 10.3 Å². The molecule has 0 bridgehead atoms. The van der Waals surface area contributed by atoms with Crippen molar-refractivity contribution in [1.82, 2.24) is 4.98 Å². The number of sulfonamides is 1. The molecular formula is C10H9N3O4S2. The van der Waals surface area contributed by atoms with Gasteiger partial charge in [0.2, 0.25) is 10.0 Å². The van der Waals surface area contributed by atoms with Crippen LogP contribution in [0.2, 0.25) is 0 Å². The molecule has 1 heterocycles. The fourth-order valence-electron chi connectivity index (χ4n) is 1.28. The minimum absolute atomic E-state index is 0.00316. The third kappa shape index (κ3) is 3.28. The lowest BCUT2D eigenvalue weighted by Gasteiger charge is -2.03. The molecule has 19 heavy (non-hydrogen) atoms. The number of carbonyl (C=O) groups is 1. The molecular weight excluding hydrogens is 290 g/mol. The molecule has 0 aliphatic carbocycles. The topological polar surface area (TPSA) is 122 Å². The normalized spacial score (nSPS) is 11.2. The zero-order valence-electron chi connectivity index (χ0n) is 9.40. The Morgan fingerprint density at radius 3 is 2.42 bits per heavy atom. The monoisotopic (exact) mass is 299 g/mol. The summed E-state index contributed by atoms with van der Waals surface area (Å²) in [7, 11) is -3.72. The fourth-order valence-corrected chi connectivity index (χ4v) is 2.50. The van der Waals surface area contributed by atoms with Crippen LogP contribution >= 0.6 is 11.3 Å². The van der Waals surface area contributed by atoms with Crippen LogP contribution in [0.4, 0.5) is 10.8 Å². The van der Waals surface area contributed by atoms with Gasteiger partial charge in [0.1, 0.15) is 0 Å². The molecule has 0 aliphatic heterocycles. The van der Waals surface area contributed by atoms with Gasteiger partial charge in [-0.15, -0.1) is 11.3 Å². The summed E-state index contributed by atoms with van der Waals surface area (Å²) in [6.07, 6.45) is 0. The number of hydrogen-bond donors (Lipinski definition) is 3. The Labute approximate surface area is 112 Å². The zero-order valence-corrected chi connectivity index (χ0v) is 11.0. The first kappa shape index (κ1) is 13.5. The minimum atomic E-state index is -3.72. The summed E-state index contributed by atoms with van der Waals surface area (Å²) in [4.78, 5) is 14.5. The van der Waals surface area contributed by atoms with Crippen molar-refractivity contribution >= 4 is 38.1 Å². The van der Waals surface area contributed by atoms with E-state index in [1.807, 2.05) is 0 Å². The average Bonchev–Trinajstić information content (AvgIpc) is 2.77. The number of nitrogens with two attached hydrogens (primary N) is 1. The molecule has 0 spiro atoms. The van der Waals surface area contributed by atoms with E-state index >= 15 is 0 Å². The second-order valence-corrected chi connectivity index (χ2v) is 5.96. The first-order valence-electron chi connectivity index (χ1n) is 4.95. The number of benzene rings is 1. The molecule has 1 aromatic carbocycles. The standard InChI is InChI=1S/C10H9N3O4S2/c11-19(16,17)7-3-1-6(2-4-7)12-10-13-8(5-18-10)9(14)15/h1-5H,(H,12,13)(H,14,15)(H2,11,16,17). The van der Waals surface area contributed by atoms with Gasteiger partial charge in [-0.2, -0.15) is 0 Å². The third-order valence-corrected chi connectivity index (χ3v) is 3.84. The van der Waals surface area contributed by atoms with E-state index in [9.17, 15) is 13.2 Å². The molecule has 2 aromatic rings. The van der Waals surface area contributed by atoms with Crippen LogP contribution in [0.5, 0.6) is 0 Å². The lowest BCUT2D eigenvalue weighted by Crippen LogP contribution is -2.11. The number of nitrogens with one attached hydrogen (secondary N) is 1. The second-order valence-electron chi connectivity index (χ2n) is 3.54. The van der Waals surface area contributed by atoms with Gasteiger partial charge in [0, 0.05) is 11.1 Å². The van der Waals surface area contributed by atoms with Crippen molar-refractivity contribution in [3.8, 4) is 0 Å². The van der Waals surface area contributed by atoms with Crippen LogP contribution in [0.25, 0.3) is 0 Å². The fraction of sp³-hybridized carbons (Fsp3) is 0. The van der Waals surface area contributed by atoms with Gasteiger partial charge >= 0.3 is 5.97 Å². The van der Waals surface area contributed by atoms with Crippen molar-refractivity contribution in [3.63, 3.8) is 0 Å². The maximum Gasteiger partial charge on any atom is 0.355 e. The molecule has 4 N–H and O–H groups in total. The molecule has 2 rings (SSSR count). The number of nitrogens with zero attached hydrogens (tertiary/aromatic N) is 1. The van der Waals surface area contributed by atoms with E-state index in [-0.39, 0.29) is 10.6 Å². The van der Waals surface area contributed by atoms with Crippen LogP contribution in [-0.4, -0.2) is 24.5 Å². The molecule has 0 aliphatic rings. The highest BCUT2D eigenvalue weighted by Crippen LogP contribution is 2.21. The summed E-state index contributed by atoms with van der Waals surface area (Å²) in [5, 5.41) is 18.4. The number of hydrogen-bond acceptors (Lipinski definition) is 6. The number of rotatable bonds is 4. The smallest absolute Gasteiger partial charge is 0.355 e. The van der Waals surface area contributed by atoms with Gasteiger partial charge in [-0.3, -0.25) is 0 Å². The summed E-state index contributed by atoms with van der Waals surface area (Å²) in [6, 6.07) is 5.73. The number of anilines is 2. The molecule has 9 heteroatoms. The first-order valence-corrected chi connectivity index (χ1v) is 7.37. The van der Waals surface area contributed by atoms with Crippen molar-refractivity contribution in [1.29, 1.82) is 0 Å². The van der Waals surface area contributed by atoms with E-state index in [1.54, 1.807) is 0 Å². The molecule has 0 saturated carbocycles. The lowest BCUT2D eigenvalue weighted by atomic mass is 10.3. The molecule has 0 unspecified atom stereocenters. The number of primary sulfonamides is 1. The van der Waals surface area contributed by atoms with Gasteiger partial charge in [-0.1, -0.05) is 0 Å². The Morgan fingerprint density at radius 1 is 1.32 bits per heavy atom. The van der Waals surface area contributed by atoms with Crippen LogP contribution in [0.3, 0.4) is 0 Å². The maximum atomic E-state index is 11.1. The maximum absolute atomic E-state index is 11.1. The molecule has 0 fully saturated rings. The van der Waals surface area contributed by atoms with Crippen molar-refractivity contribution in [2.45, 2.75) is 4.90 Å². The lowest BCUT2D eigenvalue weighted by molar-refractivity contribution is 0.0691. The summed E-state index contributed by atoms with van der Waals surface area (Å²) < 4.78 is 22.1. The van der Waals surface area contributed by atoms with Crippen molar-refractivity contribution in [3.05, 3.63) is 35.3 Å². The second kappa shape index (κ2) is 4.96. The molecule has 0 saturated heterocycles. The highest BCUT2D eigenvalue weighted by atomic mass is 32.2. The van der Waals surface area contributed by atoms with E-state index in [4.69, 9.17) is 10.2 Å². The van der Waals surface area contributed by atoms with Crippen LogP contribution in [-0.2, 0) is 10.0 Å². The molecule has 1 aromatic heterocycles. The van der Waals surface area contributed by atoms with Crippen molar-refractivity contribution in [2.75, 3.05) is 5.32 Å². The number of carboxylic acid groups (broad SMARTS) is 1. The largest absolute Gasteiger partial charge is 0.476 e. The Balaban J connectivity index is 2.17. The number of aromatic nitrogens is 1. The van der Waals surface area contributed by atoms with Crippen molar-refractivity contribution in [2.24, 2.45) is 5.14 Å². The van der Waals surface area contributed by atoms with Gasteiger partial charge in [-0.05, 0) is 24.3 Å². The van der Waals surface area contributed by atoms with Gasteiger partial charge in [-0.25, -0.2) is 23.3 Å². The highest BCUT2D eigenvalue weighted by molar-refractivity contribution is 7.89. The minimum Gasteiger partial charge on any atom is -0.476 e. The van der Waals surface area contributed by atoms with Gasteiger partial charge in [0.25, 0.3) is 0 Å². The Bertz CT molecular complexity index is 707. The number of aromatic carboxylic acids is 1. The first-order chi connectivity index (χ1) is 8.86. The van der Waals surface area contributed by atoms with Crippen molar-refractivity contribution < 1.29 is 18.3 Å². The number of carboxylic acids is 1. The predicted molar refractivity (Wildman–Crippen MR) is 70.2 cm³/mol. The predicted octanol–water partition coefficient (Wildman–Crippen LogP) is 1.23. The third-order valence-electron chi connectivity index (χ3n) is 2.16. The van der Waals surface area contributed by atoms with Gasteiger partial charge in [0.05, 0.1) is 4.90 Å². The van der Waals surface area contributed by atoms with E-state index in [1.165, 1.54) is 29.6 Å². The highest BCUT2D eigenvalue weighted by Gasteiger charge is 2.10. The summed E-state index contributed by atoms with van der Waals surface area (Å²) in [6.45, 7) is 0. The Kier molecular flexibility index (Phi) is 3.51. The molecule has 7 nitrogen and oxygen atoms in total. The van der Waals surface area contributed by atoms with Crippen LogP contribution in [0, 0.1) is 0 Å². The van der Waals surface area contributed by atoms with Crippen LogP contribution in [0.15, 0.2) is 34.5 Å². The average molecular weight is 299 g/mol. The number of thiazole rings is 1. The SMILES string of the molecule is NS(=O)(=O)c1ccc(Nc2nc(C(=O)O)cs2)cc1.